The summed E-state index contributed by atoms with van der Waals surface area (Å²) in [5, 5.41) is 5.90. The molecule has 5 heteroatoms. The van der Waals surface area contributed by atoms with E-state index in [0.29, 0.717) is 0 Å². The molecule has 0 aliphatic rings. The number of amides is 1. The summed E-state index contributed by atoms with van der Waals surface area (Å²) in [6.07, 6.45) is 1.72. The van der Waals surface area contributed by atoms with Gasteiger partial charge in [0.1, 0.15) is 5.82 Å². The van der Waals surface area contributed by atoms with Crippen molar-refractivity contribution in [2.45, 2.75) is 6.92 Å². The Morgan fingerprint density at radius 2 is 1.83 bits per heavy atom. The fourth-order valence-corrected chi connectivity index (χ4v) is 1.81. The Morgan fingerprint density at radius 1 is 1.17 bits per heavy atom. The standard InChI is InChI=1S/C13H12BrN3O/c1-9(18)16-10-4-6-11(7-5-10)17-13-12(14)3-2-8-15-13/h2-8H,1H3,(H,15,17)(H,16,18). The van der Waals surface area contributed by atoms with Gasteiger partial charge in [0, 0.05) is 24.5 Å². The summed E-state index contributed by atoms with van der Waals surface area (Å²) < 4.78 is 0.899. The molecule has 0 unspecified atom stereocenters. The Kier molecular flexibility index (Phi) is 3.94. The molecule has 18 heavy (non-hydrogen) atoms. The minimum absolute atomic E-state index is 0.0804. The molecule has 1 aromatic heterocycles. The van der Waals surface area contributed by atoms with E-state index in [2.05, 4.69) is 31.5 Å². The summed E-state index contributed by atoms with van der Waals surface area (Å²) in [4.78, 5) is 15.1. The molecular formula is C13H12BrN3O. The van der Waals surface area contributed by atoms with Gasteiger partial charge in [0.15, 0.2) is 0 Å². The smallest absolute Gasteiger partial charge is 0.221 e. The number of pyridine rings is 1. The van der Waals surface area contributed by atoms with Crippen molar-refractivity contribution in [3.05, 3.63) is 47.1 Å². The van der Waals surface area contributed by atoms with E-state index >= 15 is 0 Å². The molecule has 0 atom stereocenters. The number of hydrogen-bond donors (Lipinski definition) is 2. The second kappa shape index (κ2) is 5.64. The van der Waals surface area contributed by atoms with E-state index in [1.165, 1.54) is 6.92 Å². The summed E-state index contributed by atoms with van der Waals surface area (Å²) in [5.41, 5.74) is 1.68. The predicted molar refractivity (Wildman–Crippen MR) is 76.0 cm³/mol. The zero-order valence-corrected chi connectivity index (χ0v) is 11.4. The number of nitrogens with zero attached hydrogens (tertiary/aromatic N) is 1. The van der Waals surface area contributed by atoms with E-state index in [1.54, 1.807) is 6.20 Å². The van der Waals surface area contributed by atoms with Crippen LogP contribution < -0.4 is 10.6 Å². The van der Waals surface area contributed by atoms with Crippen molar-refractivity contribution in [2.75, 3.05) is 10.6 Å². The Bertz CT molecular complexity index is 554. The van der Waals surface area contributed by atoms with Crippen LogP contribution in [0.5, 0.6) is 0 Å². The van der Waals surface area contributed by atoms with E-state index in [4.69, 9.17) is 0 Å². The maximum atomic E-state index is 10.9. The molecule has 0 bridgehead atoms. The molecule has 0 aliphatic heterocycles. The molecule has 1 aromatic carbocycles. The lowest BCUT2D eigenvalue weighted by Gasteiger charge is -2.08. The predicted octanol–water partition coefficient (Wildman–Crippen LogP) is 3.55. The van der Waals surface area contributed by atoms with Gasteiger partial charge in [-0.15, -0.1) is 0 Å². The third-order valence-electron chi connectivity index (χ3n) is 2.23. The number of hydrogen-bond acceptors (Lipinski definition) is 3. The largest absolute Gasteiger partial charge is 0.339 e. The molecule has 1 heterocycles. The molecule has 2 aromatic rings. The van der Waals surface area contributed by atoms with Crippen LogP contribution in [-0.4, -0.2) is 10.9 Å². The quantitative estimate of drug-likeness (QED) is 0.912. The first kappa shape index (κ1) is 12.6. The molecule has 4 nitrogen and oxygen atoms in total. The minimum atomic E-state index is -0.0804. The van der Waals surface area contributed by atoms with Gasteiger partial charge in [0.05, 0.1) is 4.47 Å². The van der Waals surface area contributed by atoms with Gasteiger partial charge >= 0.3 is 0 Å². The van der Waals surface area contributed by atoms with E-state index in [1.807, 2.05) is 36.4 Å². The highest BCUT2D eigenvalue weighted by atomic mass is 79.9. The van der Waals surface area contributed by atoms with Crippen molar-refractivity contribution in [1.82, 2.24) is 4.98 Å². The van der Waals surface area contributed by atoms with Gasteiger partial charge in [-0.3, -0.25) is 4.79 Å². The topological polar surface area (TPSA) is 54.0 Å². The molecular weight excluding hydrogens is 294 g/mol. The number of carbonyl (C=O) groups excluding carboxylic acids is 1. The van der Waals surface area contributed by atoms with Crippen molar-refractivity contribution in [3.63, 3.8) is 0 Å². The Hall–Kier alpha value is -1.88. The van der Waals surface area contributed by atoms with E-state index in [9.17, 15) is 4.79 Å². The van der Waals surface area contributed by atoms with Gasteiger partial charge in [0.25, 0.3) is 0 Å². The van der Waals surface area contributed by atoms with Gasteiger partial charge in [-0.1, -0.05) is 0 Å². The van der Waals surface area contributed by atoms with Crippen molar-refractivity contribution in [1.29, 1.82) is 0 Å². The fraction of sp³-hybridized carbons (Fsp3) is 0.0769. The minimum Gasteiger partial charge on any atom is -0.339 e. The average molecular weight is 306 g/mol. The summed E-state index contributed by atoms with van der Waals surface area (Å²) >= 11 is 3.42. The maximum absolute atomic E-state index is 10.9. The zero-order chi connectivity index (χ0) is 13.0. The van der Waals surface area contributed by atoms with Gasteiger partial charge in [-0.25, -0.2) is 4.98 Å². The first-order valence-electron chi connectivity index (χ1n) is 5.40. The zero-order valence-electron chi connectivity index (χ0n) is 9.77. The third kappa shape index (κ3) is 3.30. The molecule has 0 saturated carbocycles. The summed E-state index contributed by atoms with van der Waals surface area (Å²) in [6, 6.07) is 11.2. The number of carbonyl (C=O) groups is 1. The summed E-state index contributed by atoms with van der Waals surface area (Å²) in [7, 11) is 0. The number of nitrogens with one attached hydrogen (secondary N) is 2. The first-order valence-corrected chi connectivity index (χ1v) is 6.19. The summed E-state index contributed by atoms with van der Waals surface area (Å²) in [6.45, 7) is 1.48. The lowest BCUT2D eigenvalue weighted by molar-refractivity contribution is -0.114. The lowest BCUT2D eigenvalue weighted by atomic mass is 10.2. The number of rotatable bonds is 3. The van der Waals surface area contributed by atoms with E-state index < -0.39 is 0 Å². The van der Waals surface area contributed by atoms with Crippen LogP contribution in [0.15, 0.2) is 47.1 Å². The molecule has 0 saturated heterocycles. The van der Waals surface area contributed by atoms with Crippen LogP contribution in [0.25, 0.3) is 0 Å². The van der Waals surface area contributed by atoms with Crippen molar-refractivity contribution < 1.29 is 4.79 Å². The molecule has 0 fully saturated rings. The van der Waals surface area contributed by atoms with Gasteiger partial charge in [-0.2, -0.15) is 0 Å². The molecule has 0 aliphatic carbocycles. The molecule has 0 spiro atoms. The van der Waals surface area contributed by atoms with Crippen LogP contribution in [0.4, 0.5) is 17.2 Å². The van der Waals surface area contributed by atoms with E-state index in [-0.39, 0.29) is 5.91 Å². The molecule has 1 amide bonds. The third-order valence-corrected chi connectivity index (χ3v) is 2.87. The lowest BCUT2D eigenvalue weighted by Crippen LogP contribution is -2.05. The maximum Gasteiger partial charge on any atom is 0.221 e. The molecule has 0 radical (unpaired) electrons. The Balaban J connectivity index is 2.11. The van der Waals surface area contributed by atoms with Crippen LogP contribution in [0.2, 0.25) is 0 Å². The van der Waals surface area contributed by atoms with Crippen LogP contribution in [-0.2, 0) is 4.79 Å². The Morgan fingerprint density at radius 3 is 2.44 bits per heavy atom. The SMILES string of the molecule is CC(=O)Nc1ccc(Nc2ncccc2Br)cc1. The number of anilines is 3. The highest BCUT2D eigenvalue weighted by Crippen LogP contribution is 2.23. The second-order valence-corrected chi connectivity index (χ2v) is 4.57. The highest BCUT2D eigenvalue weighted by molar-refractivity contribution is 9.10. The van der Waals surface area contributed by atoms with Gasteiger partial charge in [0.2, 0.25) is 5.91 Å². The second-order valence-electron chi connectivity index (χ2n) is 3.72. The van der Waals surface area contributed by atoms with Crippen molar-refractivity contribution in [2.24, 2.45) is 0 Å². The number of aromatic nitrogens is 1. The van der Waals surface area contributed by atoms with Crippen LogP contribution in [0.3, 0.4) is 0 Å². The number of benzene rings is 1. The van der Waals surface area contributed by atoms with Crippen LogP contribution in [0, 0.1) is 0 Å². The Labute approximate surface area is 114 Å². The molecule has 92 valence electrons. The number of halogens is 1. The normalized spacial score (nSPS) is 9.89. The van der Waals surface area contributed by atoms with Crippen LogP contribution >= 0.6 is 15.9 Å². The van der Waals surface area contributed by atoms with E-state index in [0.717, 1.165) is 21.7 Å². The van der Waals surface area contributed by atoms with Crippen molar-refractivity contribution >= 4 is 39.0 Å². The van der Waals surface area contributed by atoms with Gasteiger partial charge in [-0.05, 0) is 52.3 Å². The fourth-order valence-electron chi connectivity index (χ4n) is 1.45. The van der Waals surface area contributed by atoms with Crippen LogP contribution in [0.1, 0.15) is 6.92 Å². The monoisotopic (exact) mass is 305 g/mol. The highest BCUT2D eigenvalue weighted by Gasteiger charge is 2.01. The average Bonchev–Trinajstić information content (AvgIpc) is 2.34. The molecule has 2 N–H and O–H groups in total. The van der Waals surface area contributed by atoms with Gasteiger partial charge < -0.3 is 10.6 Å². The first-order chi connectivity index (χ1) is 8.65. The summed E-state index contributed by atoms with van der Waals surface area (Å²) in [5.74, 6) is 0.674. The van der Waals surface area contributed by atoms with Crippen molar-refractivity contribution in [3.8, 4) is 0 Å². The molecule has 2 rings (SSSR count).